The normalized spacial score (nSPS) is 11.5. The molecule has 0 amide bonds. The third kappa shape index (κ3) is 9.17. The quantitative estimate of drug-likeness (QED) is 0.247. The molecule has 0 bridgehead atoms. The molecule has 24 heavy (non-hydrogen) atoms. The predicted molar refractivity (Wildman–Crippen MR) is 117 cm³/mol. The zero-order chi connectivity index (χ0) is 17.1. The monoisotopic (exact) mass is 467 g/mol. The number of aromatic nitrogens is 1. The van der Waals surface area contributed by atoms with Crippen LogP contribution in [-0.4, -0.2) is 60.5 Å². The molecule has 7 heteroatoms. The van der Waals surface area contributed by atoms with Gasteiger partial charge in [-0.3, -0.25) is 4.99 Å². The second-order valence-corrected chi connectivity index (χ2v) is 6.75. The lowest BCUT2D eigenvalue weighted by Crippen LogP contribution is -2.38. The summed E-state index contributed by atoms with van der Waals surface area (Å²) < 4.78 is 0. The Bertz CT molecular complexity index is 460. The lowest BCUT2D eigenvalue weighted by Gasteiger charge is -2.21. The number of hydrogen-bond donors (Lipinski definition) is 1. The Kier molecular flexibility index (Phi) is 13.6. The summed E-state index contributed by atoms with van der Waals surface area (Å²) in [5.41, 5.74) is 1.11. The molecule has 0 aromatic carbocycles. The fraction of sp³-hybridized carbons (Fsp3) is 0.765. The van der Waals surface area contributed by atoms with Crippen LogP contribution in [0.1, 0.15) is 44.3 Å². The molecule has 5 nitrogen and oxygen atoms in total. The van der Waals surface area contributed by atoms with Crippen LogP contribution < -0.4 is 5.32 Å². The molecule has 1 aromatic rings. The van der Waals surface area contributed by atoms with Gasteiger partial charge in [-0.05, 0) is 46.3 Å². The van der Waals surface area contributed by atoms with E-state index in [0.717, 1.165) is 55.8 Å². The minimum absolute atomic E-state index is 0. The molecule has 0 radical (unpaired) electrons. The number of aliphatic imine (C=N–C) groups is 1. The van der Waals surface area contributed by atoms with Crippen molar-refractivity contribution in [2.75, 3.05) is 39.8 Å². The van der Waals surface area contributed by atoms with E-state index in [1.807, 2.05) is 6.92 Å². The summed E-state index contributed by atoms with van der Waals surface area (Å²) in [5.74, 6) is 0.973. The summed E-state index contributed by atoms with van der Waals surface area (Å²) in [6, 6.07) is 0. The number of hydrogen-bond acceptors (Lipinski definition) is 4. The molecule has 0 aliphatic heterocycles. The van der Waals surface area contributed by atoms with Gasteiger partial charge in [0.1, 0.15) is 0 Å². The van der Waals surface area contributed by atoms with E-state index < -0.39 is 0 Å². The summed E-state index contributed by atoms with van der Waals surface area (Å²) in [4.78, 5) is 13.9. The van der Waals surface area contributed by atoms with Crippen LogP contribution in [0, 0.1) is 6.92 Å². The highest BCUT2D eigenvalue weighted by atomic mass is 127. The van der Waals surface area contributed by atoms with Gasteiger partial charge in [0, 0.05) is 25.5 Å². The Morgan fingerprint density at radius 1 is 1.25 bits per heavy atom. The molecule has 1 N–H and O–H groups in total. The fourth-order valence-electron chi connectivity index (χ4n) is 2.44. The van der Waals surface area contributed by atoms with Crippen molar-refractivity contribution in [3.8, 4) is 0 Å². The SMILES string of the molecule is CCNC(=NCCCCN(CC)CC)N(C)Cc1csc(C)n1.I. The van der Waals surface area contributed by atoms with Crippen molar-refractivity contribution >= 4 is 41.3 Å². The van der Waals surface area contributed by atoms with E-state index in [1.165, 1.54) is 13.0 Å². The molecule has 0 unspecified atom stereocenters. The van der Waals surface area contributed by atoms with Crippen LogP contribution in [0.15, 0.2) is 10.4 Å². The molecular formula is C17H34IN5S. The minimum atomic E-state index is 0. The molecule has 0 spiro atoms. The molecule has 140 valence electrons. The van der Waals surface area contributed by atoms with Crippen LogP contribution in [0.25, 0.3) is 0 Å². The molecule has 0 atom stereocenters. The van der Waals surface area contributed by atoms with E-state index in [4.69, 9.17) is 4.99 Å². The maximum atomic E-state index is 4.75. The molecule has 0 saturated heterocycles. The largest absolute Gasteiger partial charge is 0.357 e. The van der Waals surface area contributed by atoms with Crippen molar-refractivity contribution in [3.63, 3.8) is 0 Å². The second kappa shape index (κ2) is 13.8. The topological polar surface area (TPSA) is 43.8 Å². The van der Waals surface area contributed by atoms with Crippen LogP contribution >= 0.6 is 35.3 Å². The lowest BCUT2D eigenvalue weighted by atomic mass is 10.3. The minimum Gasteiger partial charge on any atom is -0.357 e. The third-order valence-corrected chi connectivity index (χ3v) is 4.62. The van der Waals surface area contributed by atoms with Gasteiger partial charge in [-0.1, -0.05) is 13.8 Å². The van der Waals surface area contributed by atoms with Gasteiger partial charge in [0.15, 0.2) is 5.96 Å². The second-order valence-electron chi connectivity index (χ2n) is 5.68. The summed E-state index contributed by atoms with van der Waals surface area (Å²) in [6.07, 6.45) is 2.34. The zero-order valence-corrected chi connectivity index (χ0v) is 19.0. The average molecular weight is 467 g/mol. The summed E-state index contributed by atoms with van der Waals surface area (Å²) in [6.45, 7) is 14.6. The van der Waals surface area contributed by atoms with Gasteiger partial charge in [0.2, 0.25) is 0 Å². The number of nitrogens with zero attached hydrogens (tertiary/aromatic N) is 4. The summed E-state index contributed by atoms with van der Waals surface area (Å²) >= 11 is 1.70. The smallest absolute Gasteiger partial charge is 0.194 e. The average Bonchev–Trinajstić information content (AvgIpc) is 2.94. The predicted octanol–water partition coefficient (Wildman–Crippen LogP) is 3.59. The Morgan fingerprint density at radius 3 is 2.50 bits per heavy atom. The van der Waals surface area contributed by atoms with Crippen molar-refractivity contribution in [2.24, 2.45) is 4.99 Å². The Balaban J connectivity index is 0.00000529. The number of thiazole rings is 1. The molecule has 0 aliphatic rings. The highest BCUT2D eigenvalue weighted by molar-refractivity contribution is 14.0. The van der Waals surface area contributed by atoms with Crippen LogP contribution in [0.5, 0.6) is 0 Å². The van der Waals surface area contributed by atoms with Crippen molar-refractivity contribution < 1.29 is 0 Å². The molecule has 1 rings (SSSR count). The van der Waals surface area contributed by atoms with Gasteiger partial charge in [-0.25, -0.2) is 4.98 Å². The molecule has 0 aliphatic carbocycles. The fourth-order valence-corrected chi connectivity index (χ4v) is 3.04. The van der Waals surface area contributed by atoms with E-state index in [2.05, 4.69) is 53.3 Å². The van der Waals surface area contributed by atoms with Crippen LogP contribution in [0.3, 0.4) is 0 Å². The van der Waals surface area contributed by atoms with Gasteiger partial charge < -0.3 is 15.1 Å². The maximum absolute atomic E-state index is 4.75. The van der Waals surface area contributed by atoms with Crippen molar-refractivity contribution in [1.82, 2.24) is 20.1 Å². The summed E-state index contributed by atoms with van der Waals surface area (Å²) in [7, 11) is 2.08. The van der Waals surface area contributed by atoms with E-state index in [1.54, 1.807) is 11.3 Å². The van der Waals surface area contributed by atoms with Crippen LogP contribution in [-0.2, 0) is 6.54 Å². The lowest BCUT2D eigenvalue weighted by molar-refractivity contribution is 0.297. The molecule has 0 saturated carbocycles. The van der Waals surface area contributed by atoms with Gasteiger partial charge in [-0.2, -0.15) is 0 Å². The number of nitrogens with one attached hydrogen (secondary N) is 1. The van der Waals surface area contributed by atoms with Crippen LogP contribution in [0.2, 0.25) is 0 Å². The van der Waals surface area contributed by atoms with Gasteiger partial charge in [0.25, 0.3) is 0 Å². The number of rotatable bonds is 10. The van der Waals surface area contributed by atoms with Crippen LogP contribution in [0.4, 0.5) is 0 Å². The first kappa shape index (κ1) is 23.6. The first-order valence-electron chi connectivity index (χ1n) is 8.73. The number of guanidine groups is 1. The first-order valence-corrected chi connectivity index (χ1v) is 9.61. The van der Waals surface area contributed by atoms with Crippen molar-refractivity contribution in [1.29, 1.82) is 0 Å². The molecule has 1 heterocycles. The maximum Gasteiger partial charge on any atom is 0.194 e. The van der Waals surface area contributed by atoms with Gasteiger partial charge >= 0.3 is 0 Å². The Morgan fingerprint density at radius 2 is 1.96 bits per heavy atom. The molecule has 0 fully saturated rings. The third-order valence-electron chi connectivity index (χ3n) is 3.80. The number of aryl methyl sites for hydroxylation is 1. The van der Waals surface area contributed by atoms with Gasteiger partial charge in [0.05, 0.1) is 17.2 Å². The molecular weight excluding hydrogens is 433 g/mol. The first-order chi connectivity index (χ1) is 11.1. The zero-order valence-electron chi connectivity index (χ0n) is 15.8. The Labute approximate surface area is 169 Å². The number of unbranched alkanes of at least 4 members (excludes halogenated alkanes) is 1. The van der Waals surface area contributed by atoms with E-state index in [9.17, 15) is 0 Å². The van der Waals surface area contributed by atoms with Crippen molar-refractivity contribution in [2.45, 2.75) is 47.1 Å². The standard InChI is InChI=1S/C17H33N5S.HI/c1-6-18-17(19-11-9-10-12-22(7-2)8-3)21(5)13-16-14-23-15(4)20-16;/h14H,6-13H2,1-5H3,(H,18,19);1H. The summed E-state index contributed by atoms with van der Waals surface area (Å²) in [5, 5.41) is 6.61. The molecule has 1 aromatic heterocycles. The number of halogens is 1. The van der Waals surface area contributed by atoms with E-state index in [0.29, 0.717) is 0 Å². The Hall–Kier alpha value is -0.410. The van der Waals surface area contributed by atoms with Crippen molar-refractivity contribution in [3.05, 3.63) is 16.1 Å². The van der Waals surface area contributed by atoms with E-state index in [-0.39, 0.29) is 24.0 Å². The van der Waals surface area contributed by atoms with E-state index >= 15 is 0 Å². The van der Waals surface area contributed by atoms with Gasteiger partial charge in [-0.15, -0.1) is 35.3 Å². The highest BCUT2D eigenvalue weighted by Gasteiger charge is 2.08. The highest BCUT2D eigenvalue weighted by Crippen LogP contribution is 2.09.